The van der Waals surface area contributed by atoms with Crippen LogP contribution in [0.2, 0.25) is 0 Å². The van der Waals surface area contributed by atoms with Crippen molar-refractivity contribution in [3.63, 3.8) is 0 Å². The first-order valence-electron chi connectivity index (χ1n) is 6.41. The van der Waals surface area contributed by atoms with E-state index in [4.69, 9.17) is 5.73 Å². The topological polar surface area (TPSA) is 81.2 Å². The third-order valence-electron chi connectivity index (χ3n) is 3.52. The van der Waals surface area contributed by atoms with E-state index in [0.29, 0.717) is 23.1 Å². The summed E-state index contributed by atoms with van der Waals surface area (Å²) >= 11 is 1.26. The Morgan fingerprint density at radius 2 is 2.05 bits per heavy atom. The van der Waals surface area contributed by atoms with Crippen LogP contribution in [0.25, 0.3) is 0 Å². The third kappa shape index (κ3) is 2.46. The molecular weight excluding hydrogens is 296 g/mol. The van der Waals surface area contributed by atoms with Gasteiger partial charge in [0.25, 0.3) is 10.0 Å². The van der Waals surface area contributed by atoms with Crippen LogP contribution in [-0.4, -0.2) is 35.6 Å². The van der Waals surface area contributed by atoms with Gasteiger partial charge in [-0.2, -0.15) is 9.40 Å². The van der Waals surface area contributed by atoms with E-state index in [1.807, 2.05) is 10.9 Å². The average molecular weight is 312 g/mol. The average Bonchev–Trinajstić information content (AvgIpc) is 3.10. The molecule has 0 atom stereocenters. The molecule has 2 aromatic rings. The number of rotatable bonds is 3. The molecule has 1 aliphatic rings. The minimum atomic E-state index is -3.32. The summed E-state index contributed by atoms with van der Waals surface area (Å²) in [5, 5.41) is 5.98. The standard InChI is InChI=1S/C12H16N4O2S2/c13-11-5-8-16(14-11)10-3-6-15(7-4-10)20(17,18)12-2-1-9-19-12/h1-2,5,8-10H,3-4,6-7H2,(H2,13,14). The number of hydrogen-bond acceptors (Lipinski definition) is 5. The lowest BCUT2D eigenvalue weighted by Crippen LogP contribution is -2.38. The fourth-order valence-corrected chi connectivity index (χ4v) is 5.05. The molecule has 6 nitrogen and oxygen atoms in total. The van der Waals surface area contributed by atoms with Gasteiger partial charge in [-0.1, -0.05) is 6.07 Å². The maximum atomic E-state index is 12.4. The molecule has 2 N–H and O–H groups in total. The second kappa shape index (κ2) is 5.19. The van der Waals surface area contributed by atoms with Crippen LogP contribution < -0.4 is 5.73 Å². The van der Waals surface area contributed by atoms with Gasteiger partial charge in [0.15, 0.2) is 0 Å². The summed E-state index contributed by atoms with van der Waals surface area (Å²) in [4.78, 5) is 0. The molecule has 1 fully saturated rings. The van der Waals surface area contributed by atoms with Crippen LogP contribution in [0.1, 0.15) is 18.9 Å². The molecule has 0 unspecified atom stereocenters. The van der Waals surface area contributed by atoms with E-state index < -0.39 is 10.0 Å². The lowest BCUT2D eigenvalue weighted by Gasteiger charge is -2.30. The first-order chi connectivity index (χ1) is 9.57. The number of nitrogens with two attached hydrogens (primary N) is 1. The Hall–Kier alpha value is -1.38. The van der Waals surface area contributed by atoms with Crippen LogP contribution in [0.15, 0.2) is 34.0 Å². The first kappa shape index (κ1) is 13.6. The van der Waals surface area contributed by atoms with Gasteiger partial charge in [-0.05, 0) is 30.4 Å². The predicted molar refractivity (Wildman–Crippen MR) is 78.0 cm³/mol. The molecule has 3 heterocycles. The Bertz CT molecular complexity index is 670. The van der Waals surface area contributed by atoms with E-state index in [2.05, 4.69) is 5.10 Å². The van der Waals surface area contributed by atoms with Crippen molar-refractivity contribution in [1.82, 2.24) is 14.1 Å². The Morgan fingerprint density at radius 3 is 2.60 bits per heavy atom. The third-order valence-corrected chi connectivity index (χ3v) is 6.79. The van der Waals surface area contributed by atoms with Crippen molar-refractivity contribution in [2.24, 2.45) is 0 Å². The van der Waals surface area contributed by atoms with Gasteiger partial charge in [-0.25, -0.2) is 8.42 Å². The number of nitrogen functional groups attached to an aromatic ring is 1. The molecule has 1 saturated heterocycles. The smallest absolute Gasteiger partial charge is 0.252 e. The summed E-state index contributed by atoms with van der Waals surface area (Å²) in [5.41, 5.74) is 5.61. The summed E-state index contributed by atoms with van der Waals surface area (Å²) in [6, 6.07) is 5.40. The summed E-state index contributed by atoms with van der Waals surface area (Å²) in [6.07, 6.45) is 3.36. The number of thiophene rings is 1. The number of hydrogen-bond donors (Lipinski definition) is 1. The summed E-state index contributed by atoms with van der Waals surface area (Å²) < 4.78 is 28.6. The molecule has 3 rings (SSSR count). The van der Waals surface area contributed by atoms with Gasteiger partial charge in [-0.3, -0.25) is 4.68 Å². The van der Waals surface area contributed by atoms with Gasteiger partial charge < -0.3 is 5.73 Å². The highest BCUT2D eigenvalue weighted by Crippen LogP contribution is 2.28. The summed E-state index contributed by atoms with van der Waals surface area (Å²) in [5.74, 6) is 0.499. The van der Waals surface area contributed by atoms with Gasteiger partial charge in [0.2, 0.25) is 0 Å². The van der Waals surface area contributed by atoms with Gasteiger partial charge in [-0.15, -0.1) is 11.3 Å². The molecule has 1 aliphatic heterocycles. The molecular formula is C12H16N4O2S2. The zero-order valence-corrected chi connectivity index (χ0v) is 12.5. The normalized spacial score (nSPS) is 18.4. The van der Waals surface area contributed by atoms with Gasteiger partial charge in [0.1, 0.15) is 10.0 Å². The largest absolute Gasteiger partial charge is 0.382 e. The van der Waals surface area contributed by atoms with Crippen LogP contribution >= 0.6 is 11.3 Å². The van der Waals surface area contributed by atoms with E-state index in [1.54, 1.807) is 27.9 Å². The molecule has 0 aliphatic carbocycles. The molecule has 20 heavy (non-hydrogen) atoms. The van der Waals surface area contributed by atoms with Crippen LogP contribution in [0, 0.1) is 0 Å². The molecule has 0 radical (unpaired) electrons. The molecule has 0 aromatic carbocycles. The number of aromatic nitrogens is 2. The fourth-order valence-electron chi connectivity index (χ4n) is 2.44. The Labute approximate surface area is 121 Å². The maximum Gasteiger partial charge on any atom is 0.252 e. The van der Waals surface area contributed by atoms with E-state index in [9.17, 15) is 8.42 Å². The highest BCUT2D eigenvalue weighted by Gasteiger charge is 2.30. The number of anilines is 1. The van der Waals surface area contributed by atoms with Crippen molar-refractivity contribution in [2.75, 3.05) is 18.8 Å². The molecule has 0 bridgehead atoms. The second-order valence-corrected chi connectivity index (χ2v) is 7.90. The van der Waals surface area contributed by atoms with E-state index in [0.717, 1.165) is 12.8 Å². The Morgan fingerprint density at radius 1 is 1.30 bits per heavy atom. The maximum absolute atomic E-state index is 12.4. The van der Waals surface area contributed by atoms with E-state index in [1.165, 1.54) is 11.3 Å². The highest BCUT2D eigenvalue weighted by atomic mass is 32.2. The predicted octanol–water partition coefficient (Wildman–Crippen LogP) is 1.55. The molecule has 108 valence electrons. The zero-order valence-electron chi connectivity index (χ0n) is 10.8. The fraction of sp³-hybridized carbons (Fsp3) is 0.417. The van der Waals surface area contributed by atoms with Crippen molar-refractivity contribution in [3.05, 3.63) is 29.8 Å². The monoisotopic (exact) mass is 312 g/mol. The zero-order chi connectivity index (χ0) is 14.2. The minimum absolute atomic E-state index is 0.224. The van der Waals surface area contributed by atoms with Crippen LogP contribution in [0.4, 0.5) is 5.82 Å². The Kier molecular flexibility index (Phi) is 3.53. The highest BCUT2D eigenvalue weighted by molar-refractivity contribution is 7.91. The second-order valence-electron chi connectivity index (χ2n) is 4.79. The van der Waals surface area contributed by atoms with Crippen molar-refractivity contribution < 1.29 is 8.42 Å². The van der Waals surface area contributed by atoms with Crippen LogP contribution in [0.3, 0.4) is 0 Å². The van der Waals surface area contributed by atoms with E-state index >= 15 is 0 Å². The number of nitrogens with zero attached hydrogens (tertiary/aromatic N) is 3. The van der Waals surface area contributed by atoms with Crippen molar-refractivity contribution >= 4 is 27.2 Å². The van der Waals surface area contributed by atoms with Gasteiger partial charge in [0, 0.05) is 19.3 Å². The molecule has 2 aromatic heterocycles. The summed E-state index contributed by atoms with van der Waals surface area (Å²) in [6.45, 7) is 1.04. The number of piperidine rings is 1. The number of sulfonamides is 1. The van der Waals surface area contributed by atoms with Gasteiger partial charge in [0.05, 0.1) is 6.04 Å². The summed E-state index contributed by atoms with van der Waals surface area (Å²) in [7, 11) is -3.32. The SMILES string of the molecule is Nc1ccn(C2CCN(S(=O)(=O)c3cccs3)CC2)n1. The Balaban J connectivity index is 1.70. The lowest BCUT2D eigenvalue weighted by atomic mass is 10.1. The molecule has 0 spiro atoms. The van der Waals surface area contributed by atoms with Crippen LogP contribution in [-0.2, 0) is 10.0 Å². The minimum Gasteiger partial charge on any atom is -0.382 e. The first-order valence-corrected chi connectivity index (χ1v) is 8.73. The van der Waals surface area contributed by atoms with Crippen molar-refractivity contribution in [2.45, 2.75) is 23.1 Å². The van der Waals surface area contributed by atoms with Crippen molar-refractivity contribution in [3.8, 4) is 0 Å². The van der Waals surface area contributed by atoms with Gasteiger partial charge >= 0.3 is 0 Å². The quantitative estimate of drug-likeness (QED) is 0.932. The molecule has 8 heteroatoms. The lowest BCUT2D eigenvalue weighted by molar-refractivity contribution is 0.262. The van der Waals surface area contributed by atoms with Crippen LogP contribution in [0.5, 0.6) is 0 Å². The van der Waals surface area contributed by atoms with E-state index in [-0.39, 0.29) is 6.04 Å². The van der Waals surface area contributed by atoms with Crippen molar-refractivity contribution in [1.29, 1.82) is 0 Å². The molecule has 0 amide bonds. The molecule has 0 saturated carbocycles.